The summed E-state index contributed by atoms with van der Waals surface area (Å²) in [6.07, 6.45) is 3.34. The maximum absolute atomic E-state index is 10.7. The summed E-state index contributed by atoms with van der Waals surface area (Å²) in [5.41, 5.74) is 0.990. The lowest BCUT2D eigenvalue weighted by Crippen LogP contribution is -1.81. The topological polar surface area (TPSA) is 17.1 Å². The molecule has 13 heavy (non-hydrogen) atoms. The van der Waals surface area contributed by atoms with Crippen molar-refractivity contribution in [3.63, 3.8) is 0 Å². The van der Waals surface area contributed by atoms with Crippen molar-refractivity contribution in [3.8, 4) is 0 Å². The van der Waals surface area contributed by atoms with Crippen molar-refractivity contribution < 1.29 is 4.79 Å². The predicted octanol–water partition coefficient (Wildman–Crippen LogP) is 3.81. The van der Waals surface area contributed by atoms with E-state index in [0.717, 1.165) is 14.5 Å². The molecule has 0 unspecified atom stereocenters. The highest BCUT2D eigenvalue weighted by Gasteiger charge is 1.99. The van der Waals surface area contributed by atoms with Crippen LogP contribution < -0.4 is 0 Å². The van der Waals surface area contributed by atoms with Gasteiger partial charge in [0.2, 0.25) is 0 Å². The van der Waals surface area contributed by atoms with Crippen LogP contribution in [0.2, 0.25) is 0 Å². The highest BCUT2D eigenvalue weighted by Crippen LogP contribution is 2.27. The summed E-state index contributed by atoms with van der Waals surface area (Å²) in [5, 5.41) is 0. The summed E-state index contributed by atoms with van der Waals surface area (Å²) in [5.74, 6) is 0.0480. The summed E-state index contributed by atoms with van der Waals surface area (Å²) < 4.78 is 1.95. The van der Waals surface area contributed by atoms with Gasteiger partial charge in [0.15, 0.2) is 5.78 Å². The lowest BCUT2D eigenvalue weighted by molar-refractivity contribution is -0.112. The highest BCUT2D eigenvalue weighted by molar-refractivity contribution is 9.13. The Balaban J connectivity index is 3.02. The highest BCUT2D eigenvalue weighted by atomic mass is 79.9. The van der Waals surface area contributed by atoms with Crippen LogP contribution in [-0.4, -0.2) is 5.78 Å². The van der Waals surface area contributed by atoms with Gasteiger partial charge in [-0.05, 0) is 56.5 Å². The van der Waals surface area contributed by atoms with E-state index in [9.17, 15) is 4.79 Å². The van der Waals surface area contributed by atoms with Gasteiger partial charge in [-0.25, -0.2) is 0 Å². The second-order valence-corrected chi connectivity index (χ2v) is 4.23. The molecule has 0 aliphatic rings. The van der Waals surface area contributed by atoms with Crippen molar-refractivity contribution in [1.82, 2.24) is 0 Å². The quantitative estimate of drug-likeness (QED) is 0.759. The number of rotatable bonds is 2. The standard InChI is InChI=1S/C10H8Br2O/c1-7(13)5-6-8-3-2-4-9(11)10(8)12/h2-6H,1H3/b6-5+. The maximum atomic E-state index is 10.7. The Hall–Kier alpha value is -0.410. The first-order valence-electron chi connectivity index (χ1n) is 3.74. The molecule has 1 nitrogen and oxygen atoms in total. The van der Waals surface area contributed by atoms with Crippen molar-refractivity contribution in [2.75, 3.05) is 0 Å². The Bertz CT molecular complexity index is 356. The molecule has 0 aliphatic carbocycles. The fraction of sp³-hybridized carbons (Fsp3) is 0.100. The number of hydrogen-bond donors (Lipinski definition) is 0. The van der Waals surface area contributed by atoms with Gasteiger partial charge >= 0.3 is 0 Å². The van der Waals surface area contributed by atoms with Crippen molar-refractivity contribution in [2.45, 2.75) is 6.92 Å². The molecule has 68 valence electrons. The molecule has 1 aromatic carbocycles. The molecule has 0 saturated carbocycles. The van der Waals surface area contributed by atoms with Gasteiger partial charge in [0.25, 0.3) is 0 Å². The van der Waals surface area contributed by atoms with Gasteiger partial charge in [0.1, 0.15) is 0 Å². The van der Waals surface area contributed by atoms with Gasteiger partial charge in [-0.1, -0.05) is 18.2 Å². The molecule has 0 N–H and O–H groups in total. The van der Waals surface area contributed by atoms with Crippen LogP contribution in [0.25, 0.3) is 6.08 Å². The van der Waals surface area contributed by atoms with Crippen molar-refractivity contribution in [2.24, 2.45) is 0 Å². The molecule has 0 radical (unpaired) electrons. The van der Waals surface area contributed by atoms with E-state index >= 15 is 0 Å². The van der Waals surface area contributed by atoms with Crippen LogP contribution in [0.4, 0.5) is 0 Å². The van der Waals surface area contributed by atoms with Gasteiger partial charge < -0.3 is 0 Å². The van der Waals surface area contributed by atoms with E-state index in [2.05, 4.69) is 31.9 Å². The van der Waals surface area contributed by atoms with Crippen LogP contribution >= 0.6 is 31.9 Å². The van der Waals surface area contributed by atoms with E-state index in [1.54, 1.807) is 12.2 Å². The Morgan fingerprint density at radius 2 is 2.08 bits per heavy atom. The first kappa shape index (κ1) is 10.7. The zero-order chi connectivity index (χ0) is 9.84. The predicted molar refractivity (Wildman–Crippen MR) is 61.6 cm³/mol. The largest absolute Gasteiger partial charge is 0.295 e. The summed E-state index contributed by atoms with van der Waals surface area (Å²) in [7, 11) is 0. The molecule has 0 aliphatic heterocycles. The molecular weight excluding hydrogens is 296 g/mol. The maximum Gasteiger partial charge on any atom is 0.152 e. The molecule has 0 aromatic heterocycles. The lowest BCUT2D eigenvalue weighted by Gasteiger charge is -1.99. The van der Waals surface area contributed by atoms with Gasteiger partial charge in [0.05, 0.1) is 0 Å². The van der Waals surface area contributed by atoms with Gasteiger partial charge in [-0.3, -0.25) is 4.79 Å². The number of hydrogen-bond acceptors (Lipinski definition) is 1. The van der Waals surface area contributed by atoms with Crippen LogP contribution in [0.3, 0.4) is 0 Å². The first-order chi connectivity index (χ1) is 6.11. The number of benzene rings is 1. The van der Waals surface area contributed by atoms with E-state index in [4.69, 9.17) is 0 Å². The third kappa shape index (κ3) is 3.08. The monoisotopic (exact) mass is 302 g/mol. The fourth-order valence-corrected chi connectivity index (χ4v) is 1.63. The van der Waals surface area contributed by atoms with Crippen molar-refractivity contribution in [1.29, 1.82) is 0 Å². The zero-order valence-corrected chi connectivity index (χ0v) is 10.2. The Kier molecular flexibility index (Phi) is 3.88. The molecule has 1 rings (SSSR count). The second-order valence-electron chi connectivity index (χ2n) is 2.59. The number of carbonyl (C=O) groups is 1. The third-order valence-corrected chi connectivity index (χ3v) is 3.56. The average molecular weight is 304 g/mol. The van der Waals surface area contributed by atoms with Crippen molar-refractivity contribution >= 4 is 43.7 Å². The molecule has 0 amide bonds. The summed E-state index contributed by atoms with van der Waals surface area (Å²) in [6, 6.07) is 5.80. The molecule has 0 atom stereocenters. The van der Waals surface area contributed by atoms with Crippen LogP contribution in [-0.2, 0) is 4.79 Å². The normalized spacial score (nSPS) is 10.7. The van der Waals surface area contributed by atoms with E-state index in [-0.39, 0.29) is 5.78 Å². The number of halogens is 2. The van der Waals surface area contributed by atoms with Crippen LogP contribution in [0, 0.1) is 0 Å². The molecule has 3 heteroatoms. The van der Waals surface area contributed by atoms with E-state index in [1.165, 1.54) is 6.92 Å². The van der Waals surface area contributed by atoms with E-state index < -0.39 is 0 Å². The smallest absolute Gasteiger partial charge is 0.152 e. The lowest BCUT2D eigenvalue weighted by atomic mass is 10.2. The molecule has 0 spiro atoms. The first-order valence-corrected chi connectivity index (χ1v) is 5.32. The molecule has 0 saturated heterocycles. The minimum absolute atomic E-state index is 0.0480. The molecule has 0 bridgehead atoms. The Labute approximate surface area is 94.1 Å². The SMILES string of the molecule is CC(=O)/C=C/c1cccc(Br)c1Br. The van der Waals surface area contributed by atoms with Gasteiger partial charge in [-0.2, -0.15) is 0 Å². The molecule has 1 aromatic rings. The third-order valence-electron chi connectivity index (χ3n) is 1.48. The number of ketones is 1. The molecule has 0 fully saturated rings. The van der Waals surface area contributed by atoms with E-state index in [0.29, 0.717) is 0 Å². The average Bonchev–Trinajstić information content (AvgIpc) is 2.07. The van der Waals surface area contributed by atoms with Crippen LogP contribution in [0.15, 0.2) is 33.2 Å². The van der Waals surface area contributed by atoms with Gasteiger partial charge in [0, 0.05) is 8.95 Å². The van der Waals surface area contributed by atoms with E-state index in [1.807, 2.05) is 18.2 Å². The van der Waals surface area contributed by atoms with Gasteiger partial charge in [-0.15, -0.1) is 0 Å². The Morgan fingerprint density at radius 1 is 1.38 bits per heavy atom. The number of allylic oxidation sites excluding steroid dienone is 1. The minimum Gasteiger partial charge on any atom is -0.295 e. The van der Waals surface area contributed by atoms with Crippen LogP contribution in [0.1, 0.15) is 12.5 Å². The summed E-state index contributed by atoms with van der Waals surface area (Å²) >= 11 is 6.81. The Morgan fingerprint density at radius 3 is 2.69 bits per heavy atom. The summed E-state index contributed by atoms with van der Waals surface area (Å²) in [4.78, 5) is 10.7. The van der Waals surface area contributed by atoms with Crippen molar-refractivity contribution in [3.05, 3.63) is 38.8 Å². The zero-order valence-electron chi connectivity index (χ0n) is 7.05. The molecule has 0 heterocycles. The fourth-order valence-electron chi connectivity index (χ4n) is 0.856. The van der Waals surface area contributed by atoms with Crippen LogP contribution in [0.5, 0.6) is 0 Å². The second kappa shape index (κ2) is 4.72. The number of carbonyl (C=O) groups excluding carboxylic acids is 1. The summed E-state index contributed by atoms with van der Waals surface area (Å²) in [6.45, 7) is 1.53. The molecular formula is C10H8Br2O. The minimum atomic E-state index is 0.0480.